The number of carbonyl (C=O) groups is 1. The highest BCUT2D eigenvalue weighted by atomic mass is 16.4. The van der Waals surface area contributed by atoms with E-state index in [1.165, 1.54) is 0 Å². The van der Waals surface area contributed by atoms with Crippen molar-refractivity contribution in [1.29, 1.82) is 0 Å². The molecule has 2 nitrogen and oxygen atoms in total. The normalized spacial score (nSPS) is 13.0. The Bertz CT molecular complexity index is 173. The number of carboxylic acid groups (broad SMARTS) is 1. The molecule has 0 radical (unpaired) electrons. The average molecular weight is 186 g/mol. The SMILES string of the molecule is CCC(CC)(CC(C)(C)C)C(=O)O. The van der Waals surface area contributed by atoms with Crippen molar-refractivity contribution in [2.24, 2.45) is 10.8 Å². The number of carboxylic acids is 1. The molecule has 78 valence electrons. The highest BCUT2D eigenvalue weighted by Crippen LogP contribution is 2.39. The van der Waals surface area contributed by atoms with Gasteiger partial charge in [-0.2, -0.15) is 0 Å². The highest BCUT2D eigenvalue weighted by molar-refractivity contribution is 5.74. The Hall–Kier alpha value is -0.530. The predicted molar refractivity (Wildman–Crippen MR) is 54.7 cm³/mol. The van der Waals surface area contributed by atoms with Gasteiger partial charge in [0.05, 0.1) is 5.41 Å². The van der Waals surface area contributed by atoms with Crippen molar-refractivity contribution in [3.8, 4) is 0 Å². The van der Waals surface area contributed by atoms with Gasteiger partial charge in [-0.15, -0.1) is 0 Å². The van der Waals surface area contributed by atoms with Gasteiger partial charge >= 0.3 is 5.97 Å². The Balaban J connectivity index is 4.69. The minimum atomic E-state index is -0.646. The maximum absolute atomic E-state index is 11.2. The van der Waals surface area contributed by atoms with E-state index >= 15 is 0 Å². The standard InChI is InChI=1S/C11H22O2/c1-6-11(7-2,9(12)13)8-10(3,4)5/h6-8H2,1-5H3,(H,12,13). The van der Waals surface area contributed by atoms with Crippen LogP contribution < -0.4 is 0 Å². The fourth-order valence-electron chi connectivity index (χ4n) is 1.89. The van der Waals surface area contributed by atoms with E-state index < -0.39 is 11.4 Å². The molecule has 0 rings (SSSR count). The van der Waals surface area contributed by atoms with Gasteiger partial charge in [-0.05, 0) is 24.7 Å². The predicted octanol–water partition coefficient (Wildman–Crippen LogP) is 3.31. The van der Waals surface area contributed by atoms with Crippen LogP contribution in [0.25, 0.3) is 0 Å². The third-order valence-electron chi connectivity index (χ3n) is 2.68. The van der Waals surface area contributed by atoms with Gasteiger partial charge in [0.2, 0.25) is 0 Å². The molecule has 1 N–H and O–H groups in total. The molecule has 0 aliphatic rings. The summed E-state index contributed by atoms with van der Waals surface area (Å²) in [5.74, 6) is -0.646. The zero-order valence-electron chi connectivity index (χ0n) is 9.48. The largest absolute Gasteiger partial charge is 0.481 e. The number of aliphatic carboxylic acids is 1. The van der Waals surface area contributed by atoms with E-state index in [0.717, 1.165) is 19.3 Å². The molecular weight excluding hydrogens is 164 g/mol. The van der Waals surface area contributed by atoms with E-state index in [2.05, 4.69) is 20.8 Å². The van der Waals surface area contributed by atoms with E-state index in [4.69, 9.17) is 0 Å². The van der Waals surface area contributed by atoms with Crippen molar-refractivity contribution in [2.75, 3.05) is 0 Å². The van der Waals surface area contributed by atoms with Crippen LogP contribution in [0.15, 0.2) is 0 Å². The Morgan fingerprint density at radius 1 is 1.15 bits per heavy atom. The Morgan fingerprint density at radius 2 is 1.54 bits per heavy atom. The van der Waals surface area contributed by atoms with Crippen LogP contribution in [0.5, 0.6) is 0 Å². The summed E-state index contributed by atoms with van der Waals surface area (Å²) < 4.78 is 0. The zero-order valence-corrected chi connectivity index (χ0v) is 9.48. The first kappa shape index (κ1) is 12.5. The Morgan fingerprint density at radius 3 is 1.62 bits per heavy atom. The van der Waals surface area contributed by atoms with E-state index in [1.807, 2.05) is 13.8 Å². The van der Waals surface area contributed by atoms with E-state index in [0.29, 0.717) is 0 Å². The molecule has 0 fully saturated rings. The Kier molecular flexibility index (Phi) is 3.95. The molecule has 0 aromatic carbocycles. The van der Waals surface area contributed by atoms with Crippen molar-refractivity contribution in [1.82, 2.24) is 0 Å². The highest BCUT2D eigenvalue weighted by Gasteiger charge is 2.38. The summed E-state index contributed by atoms with van der Waals surface area (Å²) in [5.41, 5.74) is -0.428. The van der Waals surface area contributed by atoms with Gasteiger partial charge in [-0.3, -0.25) is 4.79 Å². The van der Waals surface area contributed by atoms with Crippen molar-refractivity contribution < 1.29 is 9.90 Å². The van der Waals surface area contributed by atoms with Crippen molar-refractivity contribution in [3.05, 3.63) is 0 Å². The van der Waals surface area contributed by atoms with Crippen LogP contribution >= 0.6 is 0 Å². The molecule has 13 heavy (non-hydrogen) atoms. The fourth-order valence-corrected chi connectivity index (χ4v) is 1.89. The van der Waals surface area contributed by atoms with E-state index in [-0.39, 0.29) is 5.41 Å². The molecule has 0 saturated heterocycles. The molecule has 0 heterocycles. The minimum absolute atomic E-state index is 0.0877. The van der Waals surface area contributed by atoms with Gasteiger partial charge in [0.25, 0.3) is 0 Å². The second-order valence-corrected chi connectivity index (χ2v) is 5.03. The van der Waals surface area contributed by atoms with Crippen LogP contribution in [0.1, 0.15) is 53.9 Å². The number of hydrogen-bond donors (Lipinski definition) is 1. The molecule has 0 bridgehead atoms. The van der Waals surface area contributed by atoms with Crippen LogP contribution in [0.3, 0.4) is 0 Å². The van der Waals surface area contributed by atoms with E-state index in [9.17, 15) is 9.90 Å². The van der Waals surface area contributed by atoms with Crippen molar-refractivity contribution in [2.45, 2.75) is 53.9 Å². The van der Waals surface area contributed by atoms with Gasteiger partial charge < -0.3 is 5.11 Å². The second-order valence-electron chi connectivity index (χ2n) is 5.03. The van der Waals surface area contributed by atoms with E-state index in [1.54, 1.807) is 0 Å². The van der Waals surface area contributed by atoms with Crippen LogP contribution in [-0.4, -0.2) is 11.1 Å². The summed E-state index contributed by atoms with van der Waals surface area (Å²) >= 11 is 0. The van der Waals surface area contributed by atoms with Gasteiger partial charge in [0.1, 0.15) is 0 Å². The fraction of sp³-hybridized carbons (Fsp3) is 0.909. The third kappa shape index (κ3) is 3.37. The summed E-state index contributed by atoms with van der Waals surface area (Å²) in [6.07, 6.45) is 2.19. The summed E-state index contributed by atoms with van der Waals surface area (Å²) in [4.78, 5) is 11.2. The first-order chi connectivity index (χ1) is 5.77. The lowest BCUT2D eigenvalue weighted by molar-refractivity contribution is -0.151. The molecule has 0 saturated carbocycles. The van der Waals surface area contributed by atoms with Crippen LogP contribution in [0.4, 0.5) is 0 Å². The summed E-state index contributed by atoms with van der Waals surface area (Å²) in [6.45, 7) is 10.2. The molecule has 0 aliphatic carbocycles. The second kappa shape index (κ2) is 4.12. The molecule has 0 unspecified atom stereocenters. The number of rotatable bonds is 4. The molecule has 0 aliphatic heterocycles. The summed E-state index contributed by atoms with van der Waals surface area (Å²) in [7, 11) is 0. The summed E-state index contributed by atoms with van der Waals surface area (Å²) in [5, 5.41) is 9.19. The van der Waals surface area contributed by atoms with Crippen LogP contribution in [0, 0.1) is 10.8 Å². The molecule has 2 heteroatoms. The van der Waals surface area contributed by atoms with Gasteiger partial charge in [-0.25, -0.2) is 0 Å². The number of hydrogen-bond acceptors (Lipinski definition) is 1. The minimum Gasteiger partial charge on any atom is -0.481 e. The first-order valence-corrected chi connectivity index (χ1v) is 5.01. The quantitative estimate of drug-likeness (QED) is 0.731. The monoisotopic (exact) mass is 186 g/mol. The van der Waals surface area contributed by atoms with Crippen LogP contribution in [0.2, 0.25) is 0 Å². The third-order valence-corrected chi connectivity index (χ3v) is 2.68. The molecule has 0 spiro atoms. The molecule has 0 atom stereocenters. The molecule has 0 amide bonds. The summed E-state index contributed by atoms with van der Waals surface area (Å²) in [6, 6.07) is 0. The van der Waals surface area contributed by atoms with Gasteiger partial charge in [0.15, 0.2) is 0 Å². The van der Waals surface area contributed by atoms with Gasteiger partial charge in [-0.1, -0.05) is 34.6 Å². The average Bonchev–Trinajstić information content (AvgIpc) is 1.98. The smallest absolute Gasteiger partial charge is 0.309 e. The molecule has 0 aromatic rings. The maximum atomic E-state index is 11.2. The lowest BCUT2D eigenvalue weighted by atomic mass is 9.70. The topological polar surface area (TPSA) is 37.3 Å². The first-order valence-electron chi connectivity index (χ1n) is 5.01. The molecular formula is C11H22O2. The lowest BCUT2D eigenvalue weighted by Crippen LogP contribution is -2.33. The van der Waals surface area contributed by atoms with Gasteiger partial charge in [0, 0.05) is 0 Å². The van der Waals surface area contributed by atoms with Crippen LogP contribution in [-0.2, 0) is 4.79 Å². The molecule has 0 aromatic heterocycles. The lowest BCUT2D eigenvalue weighted by Gasteiger charge is -2.33. The zero-order chi connectivity index (χ0) is 10.7. The van der Waals surface area contributed by atoms with Crippen molar-refractivity contribution >= 4 is 5.97 Å². The van der Waals surface area contributed by atoms with Crippen molar-refractivity contribution in [3.63, 3.8) is 0 Å². The Labute approximate surface area is 81.3 Å². The maximum Gasteiger partial charge on any atom is 0.309 e.